The third-order valence-corrected chi connectivity index (χ3v) is 5.89. The van der Waals surface area contributed by atoms with Gasteiger partial charge in [-0.25, -0.2) is 0 Å². The largest absolute Gasteiger partial charge is 0.493 e. The Kier molecular flexibility index (Phi) is 10.9. The zero-order chi connectivity index (χ0) is 27.4. The zero-order valence-corrected chi connectivity index (χ0v) is 22.2. The highest BCUT2D eigenvalue weighted by Crippen LogP contribution is 2.32. The monoisotopic (exact) mass is 510 g/mol. The van der Waals surface area contributed by atoms with Gasteiger partial charge in [-0.1, -0.05) is 24.3 Å². The molecule has 0 amide bonds. The van der Waals surface area contributed by atoms with Crippen molar-refractivity contribution in [3.8, 4) is 23.0 Å². The first-order valence-corrected chi connectivity index (χ1v) is 11.8. The van der Waals surface area contributed by atoms with Crippen LogP contribution in [-0.2, 0) is 19.1 Å². The van der Waals surface area contributed by atoms with Crippen molar-refractivity contribution < 1.29 is 38.1 Å². The Balaban J connectivity index is 2.33. The predicted octanol–water partition coefficient (Wildman–Crippen LogP) is 4.94. The minimum Gasteiger partial charge on any atom is -0.493 e. The summed E-state index contributed by atoms with van der Waals surface area (Å²) in [5, 5.41) is 0. The molecule has 198 valence electrons. The van der Waals surface area contributed by atoms with Gasteiger partial charge >= 0.3 is 5.97 Å². The molecule has 0 radical (unpaired) electrons. The molecule has 0 saturated carbocycles. The standard InChI is InChI=1S/C29H34O8/c1-7-37-28(32)16-17-29(2,26(30)14-10-20-8-12-22(33-3)24(18-20)35-5)27(31)15-11-21-9-13-23(34-4)25(19-21)36-6/h8-15,18-19H,7,16-17H2,1-6H3/b14-10+,15-11+. The van der Waals surface area contributed by atoms with Crippen LogP contribution in [0.25, 0.3) is 12.2 Å². The van der Waals surface area contributed by atoms with Gasteiger partial charge in [0.15, 0.2) is 34.6 Å². The first-order valence-electron chi connectivity index (χ1n) is 11.8. The maximum Gasteiger partial charge on any atom is 0.305 e. The van der Waals surface area contributed by atoms with Crippen LogP contribution in [-0.4, -0.2) is 52.6 Å². The molecule has 8 nitrogen and oxygen atoms in total. The quantitative estimate of drug-likeness (QED) is 0.200. The Bertz CT molecular complexity index is 1080. The molecular weight excluding hydrogens is 476 g/mol. The van der Waals surface area contributed by atoms with E-state index in [0.29, 0.717) is 34.1 Å². The number of carbonyl (C=O) groups excluding carboxylic acids is 3. The topological polar surface area (TPSA) is 97.4 Å². The van der Waals surface area contributed by atoms with Gasteiger partial charge in [0.1, 0.15) is 0 Å². The molecule has 2 rings (SSSR count). The van der Waals surface area contributed by atoms with E-state index < -0.39 is 23.0 Å². The van der Waals surface area contributed by atoms with Gasteiger partial charge in [0, 0.05) is 6.42 Å². The van der Waals surface area contributed by atoms with Crippen LogP contribution in [0.1, 0.15) is 37.8 Å². The van der Waals surface area contributed by atoms with E-state index in [1.807, 2.05) is 0 Å². The van der Waals surface area contributed by atoms with Crippen molar-refractivity contribution >= 4 is 29.7 Å². The Hall–Kier alpha value is -4.07. The lowest BCUT2D eigenvalue weighted by molar-refractivity contribution is -0.144. The maximum absolute atomic E-state index is 13.3. The summed E-state index contributed by atoms with van der Waals surface area (Å²) in [5.41, 5.74) is -0.105. The molecule has 0 atom stereocenters. The van der Waals surface area contributed by atoms with Gasteiger partial charge in [-0.3, -0.25) is 14.4 Å². The van der Waals surface area contributed by atoms with Crippen LogP contribution in [0.2, 0.25) is 0 Å². The fourth-order valence-electron chi connectivity index (χ4n) is 3.58. The molecule has 0 aliphatic heterocycles. The van der Waals surface area contributed by atoms with E-state index in [-0.39, 0.29) is 19.4 Å². The second-order valence-electron chi connectivity index (χ2n) is 8.26. The van der Waals surface area contributed by atoms with Crippen molar-refractivity contribution in [2.75, 3.05) is 35.0 Å². The Morgan fingerprint density at radius 3 is 1.54 bits per heavy atom. The Morgan fingerprint density at radius 1 is 0.730 bits per heavy atom. The molecule has 0 saturated heterocycles. The maximum atomic E-state index is 13.3. The SMILES string of the molecule is CCOC(=O)CCC(C)(C(=O)/C=C/c1ccc(OC)c(OC)c1)C(=O)/C=C/c1ccc(OC)c(OC)c1. The number of allylic oxidation sites excluding steroid dienone is 2. The van der Waals surface area contributed by atoms with Gasteiger partial charge < -0.3 is 23.7 Å². The summed E-state index contributed by atoms with van der Waals surface area (Å²) in [7, 11) is 6.11. The summed E-state index contributed by atoms with van der Waals surface area (Å²) in [4.78, 5) is 38.7. The number of hydrogen-bond donors (Lipinski definition) is 0. The van der Waals surface area contributed by atoms with Crippen LogP contribution in [0.5, 0.6) is 23.0 Å². The Morgan fingerprint density at radius 2 is 1.16 bits per heavy atom. The van der Waals surface area contributed by atoms with Crippen molar-refractivity contribution in [1.82, 2.24) is 0 Å². The van der Waals surface area contributed by atoms with E-state index in [1.54, 1.807) is 55.5 Å². The van der Waals surface area contributed by atoms with Crippen LogP contribution in [0.15, 0.2) is 48.6 Å². The average molecular weight is 511 g/mol. The van der Waals surface area contributed by atoms with Crippen LogP contribution in [0.3, 0.4) is 0 Å². The smallest absolute Gasteiger partial charge is 0.305 e. The lowest BCUT2D eigenvalue weighted by atomic mass is 9.76. The van der Waals surface area contributed by atoms with E-state index in [4.69, 9.17) is 23.7 Å². The van der Waals surface area contributed by atoms with E-state index in [1.165, 1.54) is 47.5 Å². The summed E-state index contributed by atoms with van der Waals surface area (Å²) in [6, 6.07) is 10.4. The third-order valence-electron chi connectivity index (χ3n) is 5.89. The molecule has 2 aromatic rings. The fraction of sp³-hybridized carbons (Fsp3) is 0.345. The van der Waals surface area contributed by atoms with Gasteiger partial charge in [0.05, 0.1) is 40.5 Å². The number of rotatable bonds is 14. The first-order chi connectivity index (χ1) is 17.7. The van der Waals surface area contributed by atoms with E-state index in [0.717, 1.165) is 0 Å². The zero-order valence-electron chi connectivity index (χ0n) is 22.2. The second-order valence-corrected chi connectivity index (χ2v) is 8.26. The highest BCUT2D eigenvalue weighted by Gasteiger charge is 2.38. The van der Waals surface area contributed by atoms with Crippen molar-refractivity contribution in [2.24, 2.45) is 5.41 Å². The minimum absolute atomic E-state index is 0.00392. The van der Waals surface area contributed by atoms with Gasteiger partial charge in [-0.15, -0.1) is 0 Å². The molecule has 0 N–H and O–H groups in total. The number of ketones is 2. The minimum atomic E-state index is -1.48. The van der Waals surface area contributed by atoms with Gasteiger partial charge in [0.2, 0.25) is 0 Å². The highest BCUT2D eigenvalue weighted by atomic mass is 16.5. The molecule has 37 heavy (non-hydrogen) atoms. The summed E-state index contributed by atoms with van der Waals surface area (Å²) < 4.78 is 26.1. The van der Waals surface area contributed by atoms with Crippen LogP contribution in [0.4, 0.5) is 0 Å². The second kappa shape index (κ2) is 13.9. The normalized spacial score (nSPS) is 11.4. The molecule has 0 aromatic heterocycles. The molecule has 0 bridgehead atoms. The molecule has 0 unspecified atom stereocenters. The molecule has 8 heteroatoms. The van der Waals surface area contributed by atoms with E-state index in [2.05, 4.69) is 0 Å². The lowest BCUT2D eigenvalue weighted by Crippen LogP contribution is -2.35. The Labute approximate surface area is 217 Å². The van der Waals surface area contributed by atoms with Crippen LogP contribution >= 0.6 is 0 Å². The van der Waals surface area contributed by atoms with Crippen molar-refractivity contribution in [1.29, 1.82) is 0 Å². The third kappa shape index (κ3) is 7.70. The molecular formula is C29H34O8. The van der Waals surface area contributed by atoms with Crippen LogP contribution in [0, 0.1) is 5.41 Å². The molecule has 2 aromatic carbocycles. The van der Waals surface area contributed by atoms with Crippen molar-refractivity contribution in [3.05, 3.63) is 59.7 Å². The summed E-state index contributed by atoms with van der Waals surface area (Å²) in [6.07, 6.45) is 5.80. The number of benzene rings is 2. The van der Waals surface area contributed by atoms with Crippen LogP contribution < -0.4 is 18.9 Å². The molecule has 0 fully saturated rings. The lowest BCUT2D eigenvalue weighted by Gasteiger charge is -2.23. The molecule has 0 heterocycles. The number of carbonyl (C=O) groups is 3. The van der Waals surface area contributed by atoms with Gasteiger partial charge in [-0.2, -0.15) is 0 Å². The summed E-state index contributed by atoms with van der Waals surface area (Å²) >= 11 is 0. The van der Waals surface area contributed by atoms with E-state index >= 15 is 0 Å². The predicted molar refractivity (Wildman–Crippen MR) is 141 cm³/mol. The average Bonchev–Trinajstić information content (AvgIpc) is 2.92. The number of hydrogen-bond acceptors (Lipinski definition) is 8. The van der Waals surface area contributed by atoms with Gasteiger partial charge in [0.25, 0.3) is 0 Å². The number of esters is 1. The molecule has 0 aliphatic rings. The molecule has 0 spiro atoms. The van der Waals surface area contributed by atoms with Crippen molar-refractivity contribution in [3.63, 3.8) is 0 Å². The number of ether oxygens (including phenoxy) is 5. The molecule has 0 aliphatic carbocycles. The summed E-state index contributed by atoms with van der Waals surface area (Å²) in [6.45, 7) is 3.45. The van der Waals surface area contributed by atoms with E-state index in [9.17, 15) is 14.4 Å². The highest BCUT2D eigenvalue weighted by molar-refractivity contribution is 6.17. The first kappa shape index (κ1) is 29.2. The number of methoxy groups -OCH3 is 4. The fourth-order valence-corrected chi connectivity index (χ4v) is 3.58. The van der Waals surface area contributed by atoms with Crippen molar-refractivity contribution in [2.45, 2.75) is 26.7 Å². The van der Waals surface area contributed by atoms with Gasteiger partial charge in [-0.05, 0) is 67.8 Å². The summed E-state index contributed by atoms with van der Waals surface area (Å²) in [5.74, 6) is 0.790.